The summed E-state index contributed by atoms with van der Waals surface area (Å²) in [5, 5.41) is 3.09. The predicted molar refractivity (Wildman–Crippen MR) is 80.0 cm³/mol. The zero-order valence-electron chi connectivity index (χ0n) is 10.0. The first-order valence-corrected chi connectivity index (χ1v) is 6.59. The van der Waals surface area contributed by atoms with Crippen LogP contribution in [0, 0.1) is 3.57 Å². The van der Waals surface area contributed by atoms with Crippen LogP contribution in [0.2, 0.25) is 0 Å². The van der Waals surface area contributed by atoms with E-state index in [0.29, 0.717) is 11.4 Å². The molecule has 0 spiro atoms. The Morgan fingerprint density at radius 2 is 1.70 bits per heavy atom. The molecule has 0 saturated carbocycles. The van der Waals surface area contributed by atoms with Gasteiger partial charge in [-0.25, -0.2) is 0 Å². The summed E-state index contributed by atoms with van der Waals surface area (Å²) in [5.41, 5.74) is 7.77. The lowest BCUT2D eigenvalue weighted by Gasteiger charge is -2.11. The molecule has 2 rings (SSSR count). The molecule has 0 bridgehead atoms. The fraction of sp³-hybridized carbons (Fsp3) is 0.0769. The number of hydrogen-bond acceptors (Lipinski definition) is 3. The number of ether oxygens (including phenoxy) is 1. The second kappa shape index (κ2) is 5.78. The van der Waals surface area contributed by atoms with E-state index < -0.39 is 6.36 Å². The molecule has 20 heavy (non-hydrogen) atoms. The Bertz CT molecular complexity index is 600. The predicted octanol–water partition coefficient (Wildman–Crippen LogP) is 4.52. The molecule has 2 aromatic rings. The first-order valence-electron chi connectivity index (χ1n) is 5.51. The molecule has 0 amide bonds. The van der Waals surface area contributed by atoms with Crippen LogP contribution in [0.4, 0.5) is 30.2 Å². The third kappa shape index (κ3) is 4.19. The van der Waals surface area contributed by atoms with E-state index in [1.165, 1.54) is 24.3 Å². The largest absolute Gasteiger partial charge is 0.573 e. The van der Waals surface area contributed by atoms with Gasteiger partial charge < -0.3 is 15.8 Å². The van der Waals surface area contributed by atoms with Crippen LogP contribution in [0.5, 0.6) is 5.75 Å². The van der Waals surface area contributed by atoms with Gasteiger partial charge in [0.2, 0.25) is 0 Å². The van der Waals surface area contributed by atoms with Crippen LogP contribution in [0.1, 0.15) is 0 Å². The molecule has 0 aliphatic carbocycles. The maximum Gasteiger partial charge on any atom is 0.573 e. The van der Waals surface area contributed by atoms with Gasteiger partial charge in [-0.05, 0) is 65.1 Å². The molecule has 0 atom stereocenters. The van der Waals surface area contributed by atoms with E-state index in [9.17, 15) is 13.2 Å². The highest BCUT2D eigenvalue weighted by atomic mass is 127. The number of rotatable bonds is 3. The molecule has 0 aromatic heterocycles. The Hall–Kier alpha value is -1.64. The zero-order chi connectivity index (χ0) is 14.8. The number of nitrogen functional groups attached to an aromatic ring is 1. The first-order chi connectivity index (χ1) is 9.33. The smallest absolute Gasteiger partial charge is 0.406 e. The molecule has 0 saturated heterocycles. The molecular formula is C13H10F3IN2O. The highest BCUT2D eigenvalue weighted by molar-refractivity contribution is 14.1. The summed E-state index contributed by atoms with van der Waals surface area (Å²) in [6, 6.07) is 10.9. The van der Waals surface area contributed by atoms with Crippen LogP contribution < -0.4 is 15.8 Å². The van der Waals surface area contributed by atoms with E-state index >= 15 is 0 Å². The summed E-state index contributed by atoms with van der Waals surface area (Å²) in [7, 11) is 0. The molecule has 0 aliphatic heterocycles. The maximum absolute atomic E-state index is 12.0. The van der Waals surface area contributed by atoms with Gasteiger partial charge in [-0.15, -0.1) is 13.2 Å². The van der Waals surface area contributed by atoms with Crippen LogP contribution in [-0.4, -0.2) is 6.36 Å². The quantitative estimate of drug-likeness (QED) is 0.595. The van der Waals surface area contributed by atoms with Crippen molar-refractivity contribution in [1.29, 1.82) is 0 Å². The number of nitrogens with two attached hydrogens (primary N) is 1. The molecule has 106 valence electrons. The molecule has 0 fully saturated rings. The van der Waals surface area contributed by atoms with Crippen molar-refractivity contribution in [2.24, 2.45) is 0 Å². The average Bonchev–Trinajstić information content (AvgIpc) is 2.33. The second-order valence-electron chi connectivity index (χ2n) is 3.94. The summed E-state index contributed by atoms with van der Waals surface area (Å²) >= 11 is 2.12. The van der Waals surface area contributed by atoms with Gasteiger partial charge in [0.15, 0.2) is 0 Å². The number of anilines is 3. The fourth-order valence-electron chi connectivity index (χ4n) is 1.53. The molecule has 7 heteroatoms. The van der Waals surface area contributed by atoms with E-state index in [4.69, 9.17) is 5.73 Å². The highest BCUT2D eigenvalue weighted by Crippen LogP contribution is 2.27. The van der Waals surface area contributed by atoms with Gasteiger partial charge in [0, 0.05) is 14.9 Å². The summed E-state index contributed by atoms with van der Waals surface area (Å²) in [6.45, 7) is 0. The molecule has 3 N–H and O–H groups in total. The Morgan fingerprint density at radius 1 is 1.05 bits per heavy atom. The topological polar surface area (TPSA) is 47.3 Å². The van der Waals surface area contributed by atoms with Crippen molar-refractivity contribution in [2.45, 2.75) is 6.36 Å². The van der Waals surface area contributed by atoms with Gasteiger partial charge in [-0.3, -0.25) is 0 Å². The van der Waals surface area contributed by atoms with E-state index in [-0.39, 0.29) is 5.75 Å². The third-order valence-electron chi connectivity index (χ3n) is 2.36. The van der Waals surface area contributed by atoms with Gasteiger partial charge in [-0.2, -0.15) is 0 Å². The van der Waals surface area contributed by atoms with Crippen molar-refractivity contribution >= 4 is 39.7 Å². The van der Waals surface area contributed by atoms with Crippen molar-refractivity contribution in [1.82, 2.24) is 0 Å². The van der Waals surface area contributed by atoms with Crippen LogP contribution >= 0.6 is 22.6 Å². The highest BCUT2D eigenvalue weighted by Gasteiger charge is 2.30. The molecule has 0 unspecified atom stereocenters. The van der Waals surface area contributed by atoms with Crippen LogP contribution in [-0.2, 0) is 0 Å². The average molecular weight is 394 g/mol. The standard InChI is InChI=1S/C13H10F3IN2O/c14-13(15,16)20-10-4-2-9(3-5-10)19-12-6-1-8(18)7-11(12)17/h1-7,19H,18H2. The van der Waals surface area contributed by atoms with Gasteiger partial charge in [0.25, 0.3) is 0 Å². The third-order valence-corrected chi connectivity index (χ3v) is 3.25. The fourth-order valence-corrected chi connectivity index (χ4v) is 2.20. The van der Waals surface area contributed by atoms with E-state index in [0.717, 1.165) is 9.26 Å². The van der Waals surface area contributed by atoms with Gasteiger partial charge >= 0.3 is 6.36 Å². The Labute approximate surface area is 127 Å². The van der Waals surface area contributed by atoms with Crippen molar-refractivity contribution in [2.75, 3.05) is 11.1 Å². The maximum atomic E-state index is 12.0. The van der Waals surface area contributed by atoms with Gasteiger partial charge in [0.05, 0.1) is 5.69 Å². The number of nitrogens with one attached hydrogen (secondary N) is 1. The van der Waals surface area contributed by atoms with Gasteiger partial charge in [0.1, 0.15) is 5.75 Å². The summed E-state index contributed by atoms with van der Waals surface area (Å²) in [4.78, 5) is 0. The summed E-state index contributed by atoms with van der Waals surface area (Å²) in [6.07, 6.45) is -4.68. The number of hydrogen-bond donors (Lipinski definition) is 2. The normalized spacial score (nSPS) is 11.2. The molecule has 3 nitrogen and oxygen atoms in total. The van der Waals surface area contributed by atoms with Gasteiger partial charge in [-0.1, -0.05) is 0 Å². The summed E-state index contributed by atoms with van der Waals surface area (Å²) in [5.74, 6) is -0.255. The Morgan fingerprint density at radius 3 is 2.25 bits per heavy atom. The molecule has 0 heterocycles. The lowest BCUT2D eigenvalue weighted by molar-refractivity contribution is -0.274. The molecule has 2 aromatic carbocycles. The van der Waals surface area contributed by atoms with Crippen LogP contribution in [0.3, 0.4) is 0 Å². The SMILES string of the molecule is Nc1ccc(Nc2ccc(OC(F)(F)F)cc2)c(I)c1. The van der Waals surface area contributed by atoms with E-state index in [1.54, 1.807) is 18.2 Å². The lowest BCUT2D eigenvalue weighted by atomic mass is 10.2. The van der Waals surface area contributed by atoms with Crippen LogP contribution in [0.25, 0.3) is 0 Å². The Balaban J connectivity index is 2.11. The minimum atomic E-state index is -4.68. The lowest BCUT2D eigenvalue weighted by Crippen LogP contribution is -2.16. The van der Waals surface area contributed by atoms with Crippen LogP contribution in [0.15, 0.2) is 42.5 Å². The minimum Gasteiger partial charge on any atom is -0.406 e. The van der Waals surface area contributed by atoms with E-state index in [1.807, 2.05) is 0 Å². The number of halogens is 4. The molecule has 0 radical (unpaired) electrons. The first kappa shape index (κ1) is 14.8. The number of alkyl halides is 3. The van der Waals surface area contributed by atoms with Crippen molar-refractivity contribution < 1.29 is 17.9 Å². The van der Waals surface area contributed by atoms with Crippen molar-refractivity contribution in [3.63, 3.8) is 0 Å². The second-order valence-corrected chi connectivity index (χ2v) is 5.10. The Kier molecular flexibility index (Phi) is 4.26. The zero-order valence-corrected chi connectivity index (χ0v) is 12.2. The van der Waals surface area contributed by atoms with Crippen molar-refractivity contribution in [3.8, 4) is 5.75 Å². The molecule has 0 aliphatic rings. The monoisotopic (exact) mass is 394 g/mol. The van der Waals surface area contributed by atoms with E-state index in [2.05, 4.69) is 32.6 Å². The number of benzene rings is 2. The van der Waals surface area contributed by atoms with Crippen molar-refractivity contribution in [3.05, 3.63) is 46.0 Å². The minimum absolute atomic E-state index is 0.255. The summed E-state index contributed by atoms with van der Waals surface area (Å²) < 4.78 is 40.8. The molecular weight excluding hydrogens is 384 g/mol.